The maximum atomic E-state index is 13.2. The summed E-state index contributed by atoms with van der Waals surface area (Å²) in [7, 11) is 0. The molecule has 0 spiro atoms. The van der Waals surface area contributed by atoms with Gasteiger partial charge in [-0.1, -0.05) is 18.9 Å². The summed E-state index contributed by atoms with van der Waals surface area (Å²) in [4.78, 5) is 47.6. The van der Waals surface area contributed by atoms with Crippen LogP contribution in [0, 0.1) is 19.8 Å². The van der Waals surface area contributed by atoms with Crippen LogP contribution < -0.4 is 0 Å². The highest BCUT2D eigenvalue weighted by molar-refractivity contribution is 6.04. The van der Waals surface area contributed by atoms with Crippen LogP contribution in [0.15, 0.2) is 24.4 Å². The number of aromatic nitrogens is 2. The van der Waals surface area contributed by atoms with Crippen molar-refractivity contribution in [2.24, 2.45) is 5.92 Å². The van der Waals surface area contributed by atoms with E-state index in [0.29, 0.717) is 35.5 Å². The fraction of sp³-hybridized carbons (Fsp3) is 0.500. The van der Waals surface area contributed by atoms with E-state index in [-0.39, 0.29) is 30.8 Å². The monoisotopic (exact) mass is 425 g/mol. The highest BCUT2D eigenvalue weighted by Crippen LogP contribution is 2.27. The average Bonchev–Trinajstić information content (AvgIpc) is 3.39. The van der Waals surface area contributed by atoms with Gasteiger partial charge in [0.2, 0.25) is 5.91 Å². The van der Waals surface area contributed by atoms with Crippen molar-refractivity contribution in [3.05, 3.63) is 52.6 Å². The van der Waals surface area contributed by atoms with Gasteiger partial charge in [-0.15, -0.1) is 0 Å². The molecular weight excluding hydrogens is 394 g/mol. The van der Waals surface area contributed by atoms with Crippen LogP contribution in [0.1, 0.15) is 70.4 Å². The third kappa shape index (κ3) is 5.40. The minimum atomic E-state index is -0.476. The van der Waals surface area contributed by atoms with E-state index in [4.69, 9.17) is 4.74 Å². The van der Waals surface area contributed by atoms with E-state index in [9.17, 15) is 14.4 Å². The second-order valence-corrected chi connectivity index (χ2v) is 8.08. The number of aryl methyl sites for hydroxylation is 1. The highest BCUT2D eigenvalue weighted by atomic mass is 16.5. The third-order valence-electron chi connectivity index (χ3n) is 5.91. The van der Waals surface area contributed by atoms with E-state index >= 15 is 0 Å². The molecule has 1 saturated carbocycles. The van der Waals surface area contributed by atoms with Crippen molar-refractivity contribution in [2.75, 3.05) is 19.7 Å². The number of hydrogen-bond donors (Lipinski definition) is 1. The predicted octanol–water partition coefficient (Wildman–Crippen LogP) is 3.65. The minimum absolute atomic E-state index is 0.00995. The van der Waals surface area contributed by atoms with Crippen LogP contribution in [-0.2, 0) is 16.0 Å². The van der Waals surface area contributed by atoms with Gasteiger partial charge in [-0.25, -0.2) is 4.79 Å². The normalized spacial score (nSPS) is 13.9. The molecule has 2 aromatic rings. The van der Waals surface area contributed by atoms with Gasteiger partial charge >= 0.3 is 5.97 Å². The zero-order valence-electron chi connectivity index (χ0n) is 18.6. The first-order valence-electron chi connectivity index (χ1n) is 11.0. The lowest BCUT2D eigenvalue weighted by molar-refractivity contribution is -0.134. The van der Waals surface area contributed by atoms with Crippen molar-refractivity contribution in [3.63, 3.8) is 0 Å². The Balaban J connectivity index is 1.79. The lowest BCUT2D eigenvalue weighted by Crippen LogP contribution is -2.40. The van der Waals surface area contributed by atoms with Gasteiger partial charge < -0.3 is 14.6 Å². The molecule has 1 fully saturated rings. The molecule has 1 amide bonds. The molecule has 0 bridgehead atoms. The molecule has 0 aliphatic heterocycles. The number of nitrogens with one attached hydrogen (secondary N) is 1. The molecule has 7 nitrogen and oxygen atoms in total. The van der Waals surface area contributed by atoms with Gasteiger partial charge in [0.1, 0.15) is 5.69 Å². The van der Waals surface area contributed by atoms with Crippen molar-refractivity contribution in [2.45, 2.75) is 52.9 Å². The van der Waals surface area contributed by atoms with E-state index in [1.165, 1.54) is 0 Å². The van der Waals surface area contributed by atoms with E-state index in [1.807, 2.05) is 18.2 Å². The molecule has 2 aromatic heterocycles. The molecule has 0 unspecified atom stereocenters. The zero-order valence-corrected chi connectivity index (χ0v) is 18.6. The number of amides is 1. The van der Waals surface area contributed by atoms with Crippen LogP contribution in [0.3, 0.4) is 0 Å². The summed E-state index contributed by atoms with van der Waals surface area (Å²) in [6, 6.07) is 5.69. The van der Waals surface area contributed by atoms with Crippen molar-refractivity contribution in [1.29, 1.82) is 0 Å². The van der Waals surface area contributed by atoms with E-state index in [0.717, 1.165) is 31.4 Å². The predicted molar refractivity (Wildman–Crippen MR) is 117 cm³/mol. The maximum absolute atomic E-state index is 13.2. The Morgan fingerprint density at radius 1 is 1.19 bits per heavy atom. The Kier molecular flexibility index (Phi) is 7.60. The standard InChI is InChI=1S/C24H31N3O4/c1-4-31-24(30)22-16(2)21(17(3)26-22)20(28)15-27(23(29)18-9-5-6-10-18)14-12-19-11-7-8-13-25-19/h7-8,11,13,18,26H,4-6,9-10,12,14-15H2,1-3H3. The topological polar surface area (TPSA) is 92.4 Å². The second kappa shape index (κ2) is 10.4. The van der Waals surface area contributed by atoms with Gasteiger partial charge in [0, 0.05) is 42.0 Å². The number of aromatic amines is 1. The maximum Gasteiger partial charge on any atom is 0.355 e. The molecule has 1 aliphatic rings. The number of H-pyrrole nitrogens is 1. The summed E-state index contributed by atoms with van der Waals surface area (Å²) in [6.45, 7) is 5.93. The molecule has 0 radical (unpaired) electrons. The third-order valence-corrected chi connectivity index (χ3v) is 5.91. The number of nitrogens with zero attached hydrogens (tertiary/aromatic N) is 2. The zero-order chi connectivity index (χ0) is 22.4. The van der Waals surface area contributed by atoms with Crippen molar-refractivity contribution >= 4 is 17.7 Å². The lowest BCUT2D eigenvalue weighted by atomic mass is 10.0. The number of ketones is 1. The Hall–Kier alpha value is -2.96. The molecule has 31 heavy (non-hydrogen) atoms. The molecule has 2 heterocycles. The van der Waals surface area contributed by atoms with Gasteiger partial charge in [0.15, 0.2) is 5.78 Å². The summed E-state index contributed by atoms with van der Waals surface area (Å²) >= 11 is 0. The Morgan fingerprint density at radius 3 is 2.58 bits per heavy atom. The van der Waals surface area contributed by atoms with Crippen LogP contribution in [0.5, 0.6) is 0 Å². The number of carbonyl (C=O) groups is 3. The van der Waals surface area contributed by atoms with Crippen molar-refractivity contribution < 1.29 is 19.1 Å². The first-order chi connectivity index (χ1) is 14.9. The SMILES string of the molecule is CCOC(=O)c1[nH]c(C)c(C(=O)CN(CCc2ccccn2)C(=O)C2CCCC2)c1C. The lowest BCUT2D eigenvalue weighted by Gasteiger charge is -2.25. The number of hydrogen-bond acceptors (Lipinski definition) is 5. The van der Waals surface area contributed by atoms with Crippen LogP contribution in [0.2, 0.25) is 0 Å². The van der Waals surface area contributed by atoms with Gasteiger partial charge in [-0.3, -0.25) is 14.6 Å². The second-order valence-electron chi connectivity index (χ2n) is 8.08. The fourth-order valence-electron chi connectivity index (χ4n) is 4.32. The van der Waals surface area contributed by atoms with Crippen LogP contribution in [-0.4, -0.2) is 52.2 Å². The number of carbonyl (C=O) groups excluding carboxylic acids is 3. The summed E-state index contributed by atoms with van der Waals surface area (Å²) in [5.74, 6) is -0.622. The summed E-state index contributed by atoms with van der Waals surface area (Å²) in [5.41, 5.74) is 2.83. The van der Waals surface area contributed by atoms with Crippen molar-refractivity contribution in [1.82, 2.24) is 14.9 Å². The van der Waals surface area contributed by atoms with Gasteiger partial charge in [-0.05, 0) is 51.3 Å². The van der Waals surface area contributed by atoms with Crippen LogP contribution >= 0.6 is 0 Å². The van der Waals surface area contributed by atoms with Crippen LogP contribution in [0.25, 0.3) is 0 Å². The van der Waals surface area contributed by atoms with E-state index < -0.39 is 5.97 Å². The molecule has 0 atom stereocenters. The summed E-state index contributed by atoms with van der Waals surface area (Å²) in [6.07, 6.45) is 6.18. The first-order valence-corrected chi connectivity index (χ1v) is 11.0. The Bertz CT molecular complexity index is 930. The van der Waals surface area contributed by atoms with Crippen LogP contribution in [0.4, 0.5) is 0 Å². The number of Topliss-reactive ketones (excluding diaryl/α,β-unsaturated/α-hetero) is 1. The number of esters is 1. The first kappa shape index (κ1) is 22.7. The minimum Gasteiger partial charge on any atom is -0.461 e. The number of pyridine rings is 1. The van der Waals surface area contributed by atoms with E-state index in [1.54, 1.807) is 31.9 Å². The Morgan fingerprint density at radius 2 is 1.94 bits per heavy atom. The number of ether oxygens (including phenoxy) is 1. The molecule has 0 saturated heterocycles. The quantitative estimate of drug-likeness (QED) is 0.489. The molecule has 0 aromatic carbocycles. The molecule has 3 rings (SSSR count). The molecule has 166 valence electrons. The summed E-state index contributed by atoms with van der Waals surface area (Å²) < 4.78 is 5.08. The average molecular weight is 426 g/mol. The molecule has 1 N–H and O–H groups in total. The smallest absolute Gasteiger partial charge is 0.355 e. The van der Waals surface area contributed by atoms with Crippen molar-refractivity contribution in [3.8, 4) is 0 Å². The molecular formula is C24H31N3O4. The van der Waals surface area contributed by atoms with Gasteiger partial charge in [0.25, 0.3) is 0 Å². The molecule has 1 aliphatic carbocycles. The highest BCUT2D eigenvalue weighted by Gasteiger charge is 2.30. The fourth-order valence-corrected chi connectivity index (χ4v) is 4.32. The van der Waals surface area contributed by atoms with Gasteiger partial charge in [-0.2, -0.15) is 0 Å². The van der Waals surface area contributed by atoms with Gasteiger partial charge in [0.05, 0.1) is 13.2 Å². The van der Waals surface area contributed by atoms with E-state index in [2.05, 4.69) is 9.97 Å². The number of rotatable bonds is 9. The summed E-state index contributed by atoms with van der Waals surface area (Å²) in [5, 5.41) is 0. The largest absolute Gasteiger partial charge is 0.461 e. The molecule has 7 heteroatoms. The Labute approximate surface area is 183 Å².